The molecule has 0 bridgehead atoms. The fraction of sp³-hybridized carbons (Fsp3) is 0. The predicted molar refractivity (Wildman–Crippen MR) is 115 cm³/mol. The molecule has 0 aliphatic heterocycles. The van der Waals surface area contributed by atoms with Gasteiger partial charge in [-0.3, -0.25) is 9.59 Å². The van der Waals surface area contributed by atoms with Gasteiger partial charge in [0.2, 0.25) is 5.76 Å². The largest absolute Gasteiger partial charge is 0.351 e. The Morgan fingerprint density at radius 3 is 2.67 bits per heavy atom. The Balaban J connectivity index is 1.44. The molecule has 5 rings (SSSR count). The second kappa shape index (κ2) is 8.08. The molecule has 0 unspecified atom stereocenters. The topological polar surface area (TPSA) is 178 Å². The van der Waals surface area contributed by atoms with Gasteiger partial charge in [0.05, 0.1) is 34.7 Å². The smallest absolute Gasteiger partial charge is 0.294 e. The third kappa shape index (κ3) is 3.77. The molecular formula is C21H13N9O3. The van der Waals surface area contributed by atoms with Crippen LogP contribution in [0.4, 0.5) is 11.4 Å². The molecule has 3 heterocycles. The van der Waals surface area contributed by atoms with Crippen LogP contribution in [0.5, 0.6) is 0 Å². The fourth-order valence-corrected chi connectivity index (χ4v) is 3.28. The van der Waals surface area contributed by atoms with Crippen molar-refractivity contribution in [3.63, 3.8) is 0 Å². The first-order chi connectivity index (χ1) is 16.1. The maximum absolute atomic E-state index is 13.0. The number of hydrogen-bond donors (Lipinski definition) is 4. The van der Waals surface area contributed by atoms with E-state index in [1.54, 1.807) is 42.5 Å². The van der Waals surface area contributed by atoms with E-state index in [1.807, 2.05) is 6.07 Å². The fourth-order valence-electron chi connectivity index (χ4n) is 3.28. The molecular weight excluding hydrogens is 426 g/mol. The average Bonchev–Trinajstić information content (AvgIpc) is 3.61. The van der Waals surface area contributed by atoms with Crippen molar-refractivity contribution in [3.05, 3.63) is 71.7 Å². The summed E-state index contributed by atoms with van der Waals surface area (Å²) in [5.74, 6) is -0.538. The third-order valence-corrected chi connectivity index (χ3v) is 4.81. The summed E-state index contributed by atoms with van der Waals surface area (Å²) in [5.41, 5.74) is 2.56. The number of aromatic nitrogens is 6. The average molecular weight is 439 g/mol. The summed E-state index contributed by atoms with van der Waals surface area (Å²) in [4.78, 5) is 28.4. The summed E-state index contributed by atoms with van der Waals surface area (Å²) < 4.78 is 4.87. The number of anilines is 2. The first-order valence-corrected chi connectivity index (χ1v) is 9.56. The summed E-state index contributed by atoms with van der Waals surface area (Å²) in [7, 11) is 0. The number of rotatable bonds is 5. The van der Waals surface area contributed by atoms with Crippen LogP contribution in [-0.4, -0.2) is 42.6 Å². The molecule has 12 heteroatoms. The third-order valence-electron chi connectivity index (χ3n) is 4.81. The number of benzene rings is 2. The van der Waals surface area contributed by atoms with Crippen molar-refractivity contribution in [1.82, 2.24) is 30.8 Å². The number of carbonyl (C=O) groups excluding carboxylic acids is 2. The van der Waals surface area contributed by atoms with Gasteiger partial charge in [0.25, 0.3) is 11.8 Å². The highest BCUT2D eigenvalue weighted by Gasteiger charge is 2.17. The number of H-pyrrole nitrogens is 2. The minimum absolute atomic E-state index is 0.0618. The number of tetrazole rings is 1. The SMILES string of the molecule is N#Cc1ccc(NC(=O)c2cc3cccc(NC(=O)c4ccno4)c3[nH]2)c(-c2nnn[nH]2)c1. The number of fused-ring (bicyclic) bond motifs is 1. The van der Waals surface area contributed by atoms with E-state index in [4.69, 9.17) is 4.52 Å². The van der Waals surface area contributed by atoms with Crippen LogP contribution in [-0.2, 0) is 0 Å². The van der Waals surface area contributed by atoms with Crippen LogP contribution in [0.2, 0.25) is 0 Å². The Hall–Kier alpha value is -5.31. The van der Waals surface area contributed by atoms with E-state index in [-0.39, 0.29) is 11.5 Å². The van der Waals surface area contributed by atoms with E-state index in [0.29, 0.717) is 33.8 Å². The molecule has 33 heavy (non-hydrogen) atoms. The predicted octanol–water partition coefficient (Wildman–Crippen LogP) is 2.71. The number of amides is 2. The minimum Gasteiger partial charge on any atom is -0.351 e. The van der Waals surface area contributed by atoms with E-state index in [2.05, 4.69) is 41.4 Å². The van der Waals surface area contributed by atoms with E-state index in [0.717, 1.165) is 5.39 Å². The van der Waals surface area contributed by atoms with Crippen molar-refractivity contribution in [1.29, 1.82) is 5.26 Å². The second-order valence-corrected chi connectivity index (χ2v) is 6.86. The van der Waals surface area contributed by atoms with Crippen molar-refractivity contribution in [2.24, 2.45) is 0 Å². The van der Waals surface area contributed by atoms with Crippen LogP contribution >= 0.6 is 0 Å². The van der Waals surface area contributed by atoms with Gasteiger partial charge in [-0.25, -0.2) is 5.10 Å². The lowest BCUT2D eigenvalue weighted by atomic mass is 10.1. The van der Waals surface area contributed by atoms with Crippen LogP contribution in [0.3, 0.4) is 0 Å². The molecule has 0 aliphatic rings. The monoisotopic (exact) mass is 439 g/mol. The molecule has 0 radical (unpaired) electrons. The Labute approximate surface area is 184 Å². The summed E-state index contributed by atoms with van der Waals surface area (Å²) in [6, 6.07) is 15.2. The molecule has 5 aromatic rings. The van der Waals surface area contributed by atoms with Crippen molar-refractivity contribution < 1.29 is 14.1 Å². The number of para-hydroxylation sites is 1. The van der Waals surface area contributed by atoms with Gasteiger partial charge in [-0.15, -0.1) is 5.10 Å². The first kappa shape index (κ1) is 19.6. The van der Waals surface area contributed by atoms with Crippen LogP contribution in [0, 0.1) is 11.3 Å². The van der Waals surface area contributed by atoms with Gasteiger partial charge in [0.1, 0.15) is 5.69 Å². The highest BCUT2D eigenvalue weighted by atomic mass is 16.5. The molecule has 0 aliphatic carbocycles. The van der Waals surface area contributed by atoms with Crippen molar-refractivity contribution in [2.45, 2.75) is 0 Å². The molecule has 0 atom stereocenters. The summed E-state index contributed by atoms with van der Waals surface area (Å²) in [5, 5.41) is 32.6. The zero-order valence-corrected chi connectivity index (χ0v) is 16.7. The Morgan fingerprint density at radius 2 is 1.91 bits per heavy atom. The van der Waals surface area contributed by atoms with Crippen LogP contribution in [0.25, 0.3) is 22.3 Å². The summed E-state index contributed by atoms with van der Waals surface area (Å²) >= 11 is 0. The molecule has 4 N–H and O–H groups in total. The van der Waals surface area contributed by atoms with Crippen molar-refractivity contribution in [2.75, 3.05) is 10.6 Å². The molecule has 3 aromatic heterocycles. The van der Waals surface area contributed by atoms with Crippen LogP contribution in [0.15, 0.2) is 59.3 Å². The van der Waals surface area contributed by atoms with E-state index < -0.39 is 11.8 Å². The lowest BCUT2D eigenvalue weighted by molar-refractivity contribution is 0.0986. The molecule has 2 aromatic carbocycles. The number of carbonyl (C=O) groups is 2. The van der Waals surface area contributed by atoms with E-state index >= 15 is 0 Å². The zero-order chi connectivity index (χ0) is 22.8. The highest BCUT2D eigenvalue weighted by Crippen LogP contribution is 2.28. The Kier molecular flexibility index (Phi) is 4.81. The minimum atomic E-state index is -0.469. The lowest BCUT2D eigenvalue weighted by Crippen LogP contribution is -2.13. The van der Waals surface area contributed by atoms with Gasteiger partial charge in [0, 0.05) is 17.0 Å². The molecule has 0 saturated carbocycles. The van der Waals surface area contributed by atoms with Crippen molar-refractivity contribution in [3.8, 4) is 17.5 Å². The second-order valence-electron chi connectivity index (χ2n) is 6.86. The Morgan fingerprint density at radius 1 is 1.03 bits per heavy atom. The summed E-state index contributed by atoms with van der Waals surface area (Å²) in [6.07, 6.45) is 1.37. The van der Waals surface area contributed by atoms with Gasteiger partial charge < -0.3 is 20.1 Å². The van der Waals surface area contributed by atoms with Gasteiger partial charge in [-0.05, 0) is 40.8 Å². The highest BCUT2D eigenvalue weighted by molar-refractivity contribution is 6.11. The molecule has 12 nitrogen and oxygen atoms in total. The molecule has 0 fully saturated rings. The molecule has 2 amide bonds. The molecule has 160 valence electrons. The summed E-state index contributed by atoms with van der Waals surface area (Å²) in [6.45, 7) is 0. The normalized spacial score (nSPS) is 10.6. The quantitative estimate of drug-likeness (QED) is 0.323. The maximum Gasteiger partial charge on any atom is 0.294 e. The number of nitrogens with one attached hydrogen (secondary N) is 4. The van der Waals surface area contributed by atoms with Crippen LogP contribution in [0.1, 0.15) is 26.6 Å². The van der Waals surface area contributed by atoms with Gasteiger partial charge in [-0.1, -0.05) is 17.3 Å². The molecule has 0 saturated heterocycles. The van der Waals surface area contributed by atoms with E-state index in [1.165, 1.54) is 12.3 Å². The maximum atomic E-state index is 13.0. The van der Waals surface area contributed by atoms with Crippen molar-refractivity contribution >= 4 is 34.1 Å². The number of nitrogens with zero attached hydrogens (tertiary/aromatic N) is 5. The Bertz CT molecular complexity index is 1510. The molecule has 0 spiro atoms. The number of aromatic amines is 2. The van der Waals surface area contributed by atoms with Gasteiger partial charge >= 0.3 is 0 Å². The zero-order valence-electron chi connectivity index (χ0n) is 16.7. The number of nitriles is 1. The standard InChI is InChI=1S/C21H13N9O3/c22-10-11-4-5-14(13(8-11)19-27-29-30-28-19)25-20(31)16-9-12-2-1-3-15(18(12)24-16)26-21(32)17-6-7-23-33-17/h1-9,24H,(H,25,31)(H,26,32)(H,27,28,29,30). The lowest BCUT2D eigenvalue weighted by Gasteiger charge is -2.09. The van der Waals surface area contributed by atoms with Gasteiger partial charge in [-0.2, -0.15) is 5.26 Å². The van der Waals surface area contributed by atoms with Crippen LogP contribution < -0.4 is 10.6 Å². The van der Waals surface area contributed by atoms with E-state index in [9.17, 15) is 14.9 Å². The first-order valence-electron chi connectivity index (χ1n) is 9.56. The van der Waals surface area contributed by atoms with Gasteiger partial charge in [0.15, 0.2) is 5.82 Å². The number of hydrogen-bond acceptors (Lipinski definition) is 8.